The van der Waals surface area contributed by atoms with Gasteiger partial charge in [-0.1, -0.05) is 19.3 Å². The first-order chi connectivity index (χ1) is 11.5. The zero-order valence-corrected chi connectivity index (χ0v) is 14.7. The molecule has 0 heterocycles. The number of benzene rings is 1. The molecule has 0 aromatic heterocycles. The van der Waals surface area contributed by atoms with Crippen LogP contribution in [0.4, 0.5) is 5.69 Å². The number of amides is 2. The minimum Gasteiger partial charge on any atom is -0.389 e. The van der Waals surface area contributed by atoms with Gasteiger partial charge in [0.05, 0.1) is 12.0 Å². The lowest BCUT2D eigenvalue weighted by molar-refractivity contribution is -0.122. The number of nitrogens with one attached hydrogen (secondary N) is 1. The zero-order valence-electron chi connectivity index (χ0n) is 14.7. The molecule has 1 saturated carbocycles. The van der Waals surface area contributed by atoms with Crippen molar-refractivity contribution in [3.63, 3.8) is 0 Å². The van der Waals surface area contributed by atoms with Crippen LogP contribution in [-0.4, -0.2) is 40.5 Å². The maximum absolute atomic E-state index is 12.3. The first kappa shape index (κ1) is 18.5. The van der Waals surface area contributed by atoms with E-state index in [-0.39, 0.29) is 18.2 Å². The van der Waals surface area contributed by atoms with E-state index in [1.165, 1.54) is 0 Å². The molecule has 1 aliphatic carbocycles. The van der Waals surface area contributed by atoms with Crippen molar-refractivity contribution in [1.29, 1.82) is 0 Å². The van der Waals surface area contributed by atoms with Gasteiger partial charge in [-0.25, -0.2) is 0 Å². The Balaban J connectivity index is 1.93. The third kappa shape index (κ3) is 4.81. The highest BCUT2D eigenvalue weighted by Gasteiger charge is 2.31. The second-order valence-electron chi connectivity index (χ2n) is 6.56. The summed E-state index contributed by atoms with van der Waals surface area (Å²) in [5, 5.41) is 13.3. The Hall–Kier alpha value is -1.88. The van der Waals surface area contributed by atoms with E-state index in [0.29, 0.717) is 37.2 Å². The molecule has 132 valence electrons. The van der Waals surface area contributed by atoms with E-state index in [9.17, 15) is 14.7 Å². The predicted molar refractivity (Wildman–Crippen MR) is 95.0 cm³/mol. The van der Waals surface area contributed by atoms with E-state index in [1.807, 2.05) is 13.8 Å². The molecule has 0 aliphatic heterocycles. The summed E-state index contributed by atoms with van der Waals surface area (Å²) in [4.78, 5) is 26.2. The molecule has 2 N–H and O–H groups in total. The Morgan fingerprint density at radius 3 is 2.21 bits per heavy atom. The van der Waals surface area contributed by atoms with Gasteiger partial charge in [0.1, 0.15) is 0 Å². The van der Waals surface area contributed by atoms with Crippen molar-refractivity contribution < 1.29 is 14.7 Å². The molecule has 0 bridgehead atoms. The fourth-order valence-electron chi connectivity index (χ4n) is 3.28. The molecular weight excluding hydrogens is 304 g/mol. The van der Waals surface area contributed by atoms with Crippen LogP contribution in [0.15, 0.2) is 24.3 Å². The summed E-state index contributed by atoms with van der Waals surface area (Å²) in [6.45, 7) is 5.25. The average Bonchev–Trinajstić information content (AvgIpc) is 2.56. The van der Waals surface area contributed by atoms with Crippen molar-refractivity contribution in [1.82, 2.24) is 4.90 Å². The largest absolute Gasteiger partial charge is 0.389 e. The molecule has 1 aromatic carbocycles. The highest BCUT2D eigenvalue weighted by molar-refractivity contribution is 5.96. The van der Waals surface area contributed by atoms with E-state index in [2.05, 4.69) is 5.32 Å². The molecule has 1 aliphatic rings. The van der Waals surface area contributed by atoms with E-state index in [0.717, 1.165) is 19.3 Å². The van der Waals surface area contributed by atoms with Crippen LogP contribution in [0.5, 0.6) is 0 Å². The maximum atomic E-state index is 12.3. The molecule has 0 atom stereocenters. The number of hydrogen-bond acceptors (Lipinski definition) is 3. The van der Waals surface area contributed by atoms with Crippen molar-refractivity contribution >= 4 is 17.5 Å². The summed E-state index contributed by atoms with van der Waals surface area (Å²) in [6, 6.07) is 6.93. The molecule has 24 heavy (non-hydrogen) atoms. The quantitative estimate of drug-likeness (QED) is 0.840. The molecule has 1 aromatic rings. The van der Waals surface area contributed by atoms with Crippen LogP contribution < -0.4 is 5.32 Å². The summed E-state index contributed by atoms with van der Waals surface area (Å²) in [5.41, 5.74) is 0.402. The Morgan fingerprint density at radius 1 is 1.08 bits per heavy atom. The fourth-order valence-corrected chi connectivity index (χ4v) is 3.28. The molecule has 5 nitrogen and oxygen atoms in total. The summed E-state index contributed by atoms with van der Waals surface area (Å²) >= 11 is 0. The number of rotatable bonds is 6. The minimum absolute atomic E-state index is 0.00519. The highest BCUT2D eigenvalue weighted by atomic mass is 16.3. The number of carbonyl (C=O) groups is 2. The third-order valence-corrected chi connectivity index (χ3v) is 4.74. The molecule has 2 rings (SSSR count). The number of carbonyl (C=O) groups excluding carboxylic acids is 2. The second kappa shape index (κ2) is 8.29. The summed E-state index contributed by atoms with van der Waals surface area (Å²) in [7, 11) is 0. The lowest BCUT2D eigenvalue weighted by Crippen LogP contribution is -2.35. The molecule has 0 spiro atoms. The second-order valence-corrected chi connectivity index (χ2v) is 6.56. The van der Waals surface area contributed by atoms with E-state index in [4.69, 9.17) is 0 Å². The van der Waals surface area contributed by atoms with Crippen molar-refractivity contribution in [2.24, 2.45) is 0 Å². The number of nitrogens with zero attached hydrogens (tertiary/aromatic N) is 1. The Bertz CT molecular complexity index is 558. The van der Waals surface area contributed by atoms with Crippen molar-refractivity contribution in [3.8, 4) is 0 Å². The van der Waals surface area contributed by atoms with Gasteiger partial charge in [-0.15, -0.1) is 0 Å². The van der Waals surface area contributed by atoms with Crippen LogP contribution in [0.1, 0.15) is 62.7 Å². The molecule has 1 fully saturated rings. The van der Waals surface area contributed by atoms with Gasteiger partial charge in [0.15, 0.2) is 0 Å². The predicted octanol–water partition coefficient (Wildman–Crippen LogP) is 3.19. The minimum atomic E-state index is -0.860. The van der Waals surface area contributed by atoms with Gasteiger partial charge in [0.2, 0.25) is 5.91 Å². The molecule has 0 saturated heterocycles. The fraction of sp³-hybridized carbons (Fsp3) is 0.579. The van der Waals surface area contributed by atoms with Crippen molar-refractivity contribution in [2.75, 3.05) is 18.4 Å². The highest BCUT2D eigenvalue weighted by Crippen LogP contribution is 2.31. The van der Waals surface area contributed by atoms with Gasteiger partial charge in [-0.3, -0.25) is 9.59 Å². The number of hydrogen-bond donors (Lipinski definition) is 2. The molecule has 5 heteroatoms. The van der Waals surface area contributed by atoms with Crippen LogP contribution >= 0.6 is 0 Å². The Labute approximate surface area is 144 Å². The van der Waals surface area contributed by atoms with Crippen molar-refractivity contribution in [2.45, 2.75) is 58.0 Å². The van der Waals surface area contributed by atoms with Gasteiger partial charge in [-0.2, -0.15) is 0 Å². The van der Waals surface area contributed by atoms with E-state index >= 15 is 0 Å². The van der Waals surface area contributed by atoms with Crippen LogP contribution in [0.2, 0.25) is 0 Å². The molecular formula is C19H28N2O3. The Kier molecular flexibility index (Phi) is 6.37. The van der Waals surface area contributed by atoms with Crippen LogP contribution in [-0.2, 0) is 4.79 Å². The van der Waals surface area contributed by atoms with E-state index in [1.54, 1.807) is 29.2 Å². The van der Waals surface area contributed by atoms with Crippen LogP contribution in [0.3, 0.4) is 0 Å². The zero-order chi connectivity index (χ0) is 17.6. The Morgan fingerprint density at radius 2 is 1.67 bits per heavy atom. The number of anilines is 1. The molecule has 2 amide bonds. The van der Waals surface area contributed by atoms with Gasteiger partial charge in [-0.05, 0) is 51.0 Å². The van der Waals surface area contributed by atoms with Crippen molar-refractivity contribution in [3.05, 3.63) is 29.8 Å². The summed E-state index contributed by atoms with van der Waals surface area (Å²) in [6.07, 6.45) is 4.60. The average molecular weight is 332 g/mol. The maximum Gasteiger partial charge on any atom is 0.253 e. The van der Waals surface area contributed by atoms with Gasteiger partial charge in [0.25, 0.3) is 5.91 Å². The standard InChI is InChI=1S/C19H28N2O3/c1-3-21(4-2)18(23)15-8-10-16(11-9-15)20-17(22)14-19(24)12-6-5-7-13-19/h8-11,24H,3-7,12-14H2,1-2H3,(H,20,22). The normalized spacial score (nSPS) is 16.5. The SMILES string of the molecule is CCN(CC)C(=O)c1ccc(NC(=O)CC2(O)CCCCC2)cc1. The number of aliphatic hydroxyl groups is 1. The first-order valence-corrected chi connectivity index (χ1v) is 8.89. The first-order valence-electron chi connectivity index (χ1n) is 8.89. The lowest BCUT2D eigenvalue weighted by Gasteiger charge is -2.31. The van der Waals surface area contributed by atoms with Crippen LogP contribution in [0, 0.1) is 0 Å². The van der Waals surface area contributed by atoms with Crippen LogP contribution in [0.25, 0.3) is 0 Å². The topological polar surface area (TPSA) is 69.6 Å². The monoisotopic (exact) mass is 332 g/mol. The van der Waals surface area contributed by atoms with E-state index < -0.39 is 5.60 Å². The van der Waals surface area contributed by atoms with Gasteiger partial charge >= 0.3 is 0 Å². The summed E-state index contributed by atoms with van der Waals surface area (Å²) in [5.74, 6) is -0.184. The third-order valence-electron chi connectivity index (χ3n) is 4.74. The van der Waals surface area contributed by atoms with Gasteiger partial charge < -0.3 is 15.3 Å². The molecule has 0 radical (unpaired) electrons. The summed E-state index contributed by atoms with van der Waals surface area (Å²) < 4.78 is 0. The molecule has 0 unspecified atom stereocenters. The smallest absolute Gasteiger partial charge is 0.253 e. The van der Waals surface area contributed by atoms with Gasteiger partial charge in [0, 0.05) is 24.3 Å². The lowest BCUT2D eigenvalue weighted by atomic mass is 9.82.